The van der Waals surface area contributed by atoms with E-state index in [2.05, 4.69) is 10.6 Å². The van der Waals surface area contributed by atoms with Crippen LogP contribution in [0.5, 0.6) is 0 Å². The van der Waals surface area contributed by atoms with Crippen LogP contribution in [0.3, 0.4) is 0 Å². The van der Waals surface area contributed by atoms with E-state index in [4.69, 9.17) is 9.15 Å². The smallest absolute Gasteiger partial charge is 0.338 e. The van der Waals surface area contributed by atoms with Gasteiger partial charge in [-0.3, -0.25) is 4.79 Å². The second kappa shape index (κ2) is 9.85. The number of esters is 1. The first-order chi connectivity index (χ1) is 17.1. The molecule has 1 amide bonds. The van der Waals surface area contributed by atoms with Gasteiger partial charge < -0.3 is 19.8 Å². The number of nitrogens with one attached hydrogen (secondary N) is 2. The molecule has 0 fully saturated rings. The quantitative estimate of drug-likeness (QED) is 0.297. The van der Waals surface area contributed by atoms with E-state index in [0.717, 1.165) is 16.8 Å². The van der Waals surface area contributed by atoms with Crippen LogP contribution in [-0.4, -0.2) is 31.1 Å². The number of halogens is 1. The van der Waals surface area contributed by atoms with Gasteiger partial charge in [0.25, 0.3) is 5.91 Å². The van der Waals surface area contributed by atoms with Gasteiger partial charge in [-0.15, -0.1) is 0 Å². The number of rotatable bonds is 6. The molecule has 0 saturated carbocycles. The topological polar surface area (TPSA) is 80.6 Å². The average Bonchev–Trinajstić information content (AvgIpc) is 3.21. The maximum absolute atomic E-state index is 13.5. The number of amides is 1. The Hall–Kier alpha value is -4.13. The molecular weight excluding hydrogens is 459 g/mol. The third-order valence-corrected chi connectivity index (χ3v) is 5.56. The molecule has 1 heterocycles. The average molecular weight is 489 g/mol. The number of ether oxygens (including phenoxy) is 1. The van der Waals surface area contributed by atoms with Crippen LogP contribution in [0.15, 0.2) is 65.1 Å². The van der Waals surface area contributed by atoms with Gasteiger partial charge in [-0.1, -0.05) is 12.1 Å². The summed E-state index contributed by atoms with van der Waals surface area (Å²) in [4.78, 5) is 25.7. The highest BCUT2D eigenvalue weighted by Gasteiger charge is 2.24. The van der Waals surface area contributed by atoms with Gasteiger partial charge in [-0.25, -0.2) is 9.18 Å². The lowest BCUT2D eigenvalue weighted by atomic mass is 9.97. The van der Waals surface area contributed by atoms with Crippen LogP contribution in [0.4, 0.5) is 10.1 Å². The van der Waals surface area contributed by atoms with E-state index < -0.39 is 11.6 Å². The summed E-state index contributed by atoms with van der Waals surface area (Å²) in [5, 5.41) is 6.63. The van der Waals surface area contributed by atoms with Crippen LogP contribution in [0.1, 0.15) is 48.4 Å². The molecule has 0 radical (unpaired) electrons. The molecule has 36 heavy (non-hydrogen) atoms. The Bertz CT molecular complexity index is 1430. The monoisotopic (exact) mass is 488 g/mol. The van der Waals surface area contributed by atoms with Crippen molar-refractivity contribution in [2.24, 2.45) is 0 Å². The first-order valence-electron chi connectivity index (χ1n) is 11.8. The number of furan rings is 1. The third kappa shape index (κ3) is 5.10. The van der Waals surface area contributed by atoms with Crippen molar-refractivity contribution in [3.05, 3.63) is 77.6 Å². The van der Waals surface area contributed by atoms with Crippen molar-refractivity contribution in [2.75, 3.05) is 18.9 Å². The summed E-state index contributed by atoms with van der Waals surface area (Å²) in [5.74, 6) is -0.759. The molecule has 3 aromatic carbocycles. The lowest BCUT2D eigenvalue weighted by Crippen LogP contribution is -2.23. The number of fused-ring (bicyclic) bond motifs is 1. The zero-order valence-corrected chi connectivity index (χ0v) is 21.0. The van der Waals surface area contributed by atoms with Crippen LogP contribution in [0.2, 0.25) is 0 Å². The van der Waals surface area contributed by atoms with Crippen LogP contribution in [-0.2, 0) is 4.74 Å². The molecule has 186 valence electrons. The minimum atomic E-state index is -0.614. The minimum Gasteiger partial charge on any atom is -0.456 e. The molecule has 7 heteroatoms. The van der Waals surface area contributed by atoms with Crippen molar-refractivity contribution in [1.82, 2.24) is 5.32 Å². The Morgan fingerprint density at radius 2 is 1.72 bits per heavy atom. The number of hydrogen-bond donors (Lipinski definition) is 2. The van der Waals surface area contributed by atoms with Crippen molar-refractivity contribution >= 4 is 28.5 Å². The predicted molar refractivity (Wildman–Crippen MR) is 140 cm³/mol. The SMILES string of the molecule is CCNc1cc2oc(-c3ccc(F)cc3)c(C(=O)NC)c2cc1-c1cccc(C(=O)OC(C)(C)C)c1. The first kappa shape index (κ1) is 25.0. The van der Waals surface area contributed by atoms with Crippen LogP contribution in [0.25, 0.3) is 33.4 Å². The van der Waals surface area contributed by atoms with Gasteiger partial charge in [0.15, 0.2) is 0 Å². The number of carbonyl (C=O) groups excluding carboxylic acids is 2. The zero-order valence-electron chi connectivity index (χ0n) is 21.0. The number of hydrogen-bond acceptors (Lipinski definition) is 5. The molecule has 0 bridgehead atoms. The van der Waals surface area contributed by atoms with E-state index in [1.165, 1.54) is 12.1 Å². The Balaban J connectivity index is 1.92. The van der Waals surface area contributed by atoms with Gasteiger partial charge in [0, 0.05) is 41.9 Å². The number of benzene rings is 3. The highest BCUT2D eigenvalue weighted by atomic mass is 19.1. The van der Waals surface area contributed by atoms with E-state index in [9.17, 15) is 14.0 Å². The molecule has 0 aliphatic carbocycles. The van der Waals surface area contributed by atoms with E-state index >= 15 is 0 Å². The lowest BCUT2D eigenvalue weighted by Gasteiger charge is -2.20. The van der Waals surface area contributed by atoms with Crippen molar-refractivity contribution in [3.8, 4) is 22.5 Å². The van der Waals surface area contributed by atoms with Crippen LogP contribution >= 0.6 is 0 Å². The summed E-state index contributed by atoms with van der Waals surface area (Å²) in [6, 6.07) is 16.7. The minimum absolute atomic E-state index is 0.322. The Morgan fingerprint density at radius 3 is 2.36 bits per heavy atom. The molecule has 2 N–H and O–H groups in total. The fraction of sp³-hybridized carbons (Fsp3) is 0.241. The van der Waals surface area contributed by atoms with E-state index in [0.29, 0.717) is 40.0 Å². The molecule has 0 aliphatic rings. The van der Waals surface area contributed by atoms with Crippen LogP contribution in [0, 0.1) is 5.82 Å². The lowest BCUT2D eigenvalue weighted by molar-refractivity contribution is 0.00694. The molecule has 0 spiro atoms. The molecule has 1 aromatic heterocycles. The van der Waals surface area contributed by atoms with Crippen molar-refractivity contribution in [2.45, 2.75) is 33.3 Å². The third-order valence-electron chi connectivity index (χ3n) is 5.56. The molecule has 0 unspecified atom stereocenters. The summed E-state index contributed by atoms with van der Waals surface area (Å²) < 4.78 is 25.2. The Labute approximate surface area is 209 Å². The second-order valence-corrected chi connectivity index (χ2v) is 9.40. The van der Waals surface area contributed by atoms with Gasteiger partial charge >= 0.3 is 5.97 Å². The molecule has 0 aliphatic heterocycles. The Morgan fingerprint density at radius 1 is 1.00 bits per heavy atom. The Kier molecular flexibility index (Phi) is 6.84. The summed E-state index contributed by atoms with van der Waals surface area (Å²) in [6.07, 6.45) is 0. The maximum atomic E-state index is 13.5. The predicted octanol–water partition coefficient (Wildman–Crippen LogP) is 6.65. The van der Waals surface area contributed by atoms with Gasteiger partial charge in [-0.2, -0.15) is 0 Å². The standard InChI is InChI=1S/C29H29FN2O4/c1-6-32-23-16-24-22(25(27(33)31-5)26(35-24)17-10-12-20(30)13-11-17)15-21(23)18-8-7-9-19(14-18)28(34)36-29(2,3)4/h7-16,32H,6H2,1-5H3,(H,31,33). The fourth-order valence-corrected chi connectivity index (χ4v) is 4.02. The molecule has 4 aromatic rings. The van der Waals surface area contributed by atoms with Gasteiger partial charge in [0.2, 0.25) is 0 Å². The molecule has 0 saturated heterocycles. The van der Waals surface area contributed by atoms with Crippen molar-refractivity contribution in [1.29, 1.82) is 0 Å². The largest absolute Gasteiger partial charge is 0.456 e. The van der Waals surface area contributed by atoms with E-state index in [1.807, 2.05) is 45.9 Å². The number of carbonyl (C=O) groups is 2. The maximum Gasteiger partial charge on any atom is 0.338 e. The summed E-state index contributed by atoms with van der Waals surface area (Å²) >= 11 is 0. The summed E-state index contributed by atoms with van der Waals surface area (Å²) in [7, 11) is 1.55. The molecule has 0 atom stereocenters. The van der Waals surface area contributed by atoms with Gasteiger partial charge in [0.1, 0.15) is 22.8 Å². The summed E-state index contributed by atoms with van der Waals surface area (Å²) in [5.41, 5.74) is 3.63. The fourth-order valence-electron chi connectivity index (χ4n) is 4.02. The normalized spacial score (nSPS) is 11.4. The van der Waals surface area contributed by atoms with E-state index in [1.54, 1.807) is 37.4 Å². The molecular formula is C29H29FN2O4. The summed E-state index contributed by atoms with van der Waals surface area (Å²) in [6.45, 7) is 8.10. The zero-order chi connectivity index (χ0) is 26.0. The highest BCUT2D eigenvalue weighted by molar-refractivity contribution is 6.13. The molecule has 6 nitrogen and oxygen atoms in total. The van der Waals surface area contributed by atoms with Crippen molar-refractivity contribution < 1.29 is 23.1 Å². The first-order valence-corrected chi connectivity index (χ1v) is 11.8. The van der Waals surface area contributed by atoms with E-state index in [-0.39, 0.29) is 11.7 Å². The van der Waals surface area contributed by atoms with Gasteiger partial charge in [-0.05, 0) is 75.7 Å². The second-order valence-electron chi connectivity index (χ2n) is 9.40. The molecule has 4 rings (SSSR count). The number of anilines is 1. The highest BCUT2D eigenvalue weighted by Crippen LogP contribution is 2.40. The van der Waals surface area contributed by atoms with Crippen molar-refractivity contribution in [3.63, 3.8) is 0 Å². The van der Waals surface area contributed by atoms with Crippen LogP contribution < -0.4 is 10.6 Å². The van der Waals surface area contributed by atoms with Gasteiger partial charge in [0.05, 0.1) is 11.1 Å².